The van der Waals surface area contributed by atoms with Gasteiger partial charge in [-0.2, -0.15) is 0 Å². The number of carbonyl (C=O) groups is 3. The Labute approximate surface area is 162 Å². The number of amides is 3. The lowest BCUT2D eigenvalue weighted by Gasteiger charge is -2.27. The number of hydrogen-bond donors (Lipinski definition) is 1. The molecule has 1 aromatic rings. The van der Waals surface area contributed by atoms with Crippen LogP contribution in [0.3, 0.4) is 0 Å². The fraction of sp³-hybridized carbons (Fsp3) is 0.450. The second kappa shape index (κ2) is 7.80. The van der Waals surface area contributed by atoms with Crippen LogP contribution >= 0.6 is 11.6 Å². The minimum absolute atomic E-state index is 0.0962. The summed E-state index contributed by atoms with van der Waals surface area (Å²) in [6.45, 7) is 3.85. The third-order valence-corrected chi connectivity index (χ3v) is 5.33. The lowest BCUT2D eigenvalue weighted by molar-refractivity contribution is -0.147. The first kappa shape index (κ1) is 19.5. The van der Waals surface area contributed by atoms with Crippen molar-refractivity contribution in [3.8, 4) is 0 Å². The van der Waals surface area contributed by atoms with Crippen LogP contribution in [0.25, 0.3) is 0 Å². The fourth-order valence-electron chi connectivity index (χ4n) is 3.71. The number of carbonyl (C=O) groups excluding carboxylic acids is 3. The molecule has 1 saturated heterocycles. The van der Waals surface area contributed by atoms with Gasteiger partial charge in [0.1, 0.15) is 11.9 Å². The number of fused-ring (bicyclic) bond motifs is 1. The van der Waals surface area contributed by atoms with Crippen molar-refractivity contribution in [2.24, 2.45) is 17.8 Å². The quantitative estimate of drug-likeness (QED) is 0.612. The number of nitrogens with one attached hydrogen (secondary N) is 1. The molecule has 3 atom stereocenters. The van der Waals surface area contributed by atoms with Gasteiger partial charge in [-0.25, -0.2) is 4.39 Å². The molecule has 1 aliphatic heterocycles. The van der Waals surface area contributed by atoms with Gasteiger partial charge in [0.25, 0.3) is 0 Å². The summed E-state index contributed by atoms with van der Waals surface area (Å²) in [5, 5.41) is 2.55. The number of hydrogen-bond acceptors (Lipinski definition) is 3. The second-order valence-corrected chi connectivity index (χ2v) is 7.87. The molecule has 1 N–H and O–H groups in total. The molecule has 2 aliphatic rings. The van der Waals surface area contributed by atoms with E-state index in [2.05, 4.69) is 5.32 Å². The summed E-state index contributed by atoms with van der Waals surface area (Å²) in [4.78, 5) is 39.8. The highest BCUT2D eigenvalue weighted by Gasteiger charge is 2.51. The number of imide groups is 1. The molecular weight excluding hydrogens is 371 g/mol. The first-order valence-electron chi connectivity index (χ1n) is 9.07. The molecular formula is C20H22ClFN2O3. The summed E-state index contributed by atoms with van der Waals surface area (Å²) in [6.07, 6.45) is 5.22. The Hall–Kier alpha value is -2.21. The van der Waals surface area contributed by atoms with E-state index in [4.69, 9.17) is 11.6 Å². The van der Waals surface area contributed by atoms with Crippen LogP contribution in [0.15, 0.2) is 30.4 Å². The van der Waals surface area contributed by atoms with E-state index in [1.54, 1.807) is 0 Å². The fourth-order valence-corrected chi connectivity index (χ4v) is 3.89. The Balaban J connectivity index is 1.85. The van der Waals surface area contributed by atoms with Gasteiger partial charge in [0.2, 0.25) is 17.7 Å². The second-order valence-electron chi connectivity index (χ2n) is 7.47. The first-order valence-corrected chi connectivity index (χ1v) is 9.45. The van der Waals surface area contributed by atoms with E-state index < -0.39 is 17.8 Å². The highest BCUT2D eigenvalue weighted by atomic mass is 35.5. The third-order valence-electron chi connectivity index (χ3n) is 5.04. The van der Waals surface area contributed by atoms with Crippen LogP contribution in [0.2, 0.25) is 5.02 Å². The third kappa shape index (κ3) is 3.90. The summed E-state index contributed by atoms with van der Waals surface area (Å²) >= 11 is 5.77. The molecule has 3 rings (SSSR count). The molecule has 3 amide bonds. The molecule has 1 aliphatic carbocycles. The standard InChI is InChI=1S/C20H22ClFN2O3/c1-11(2)9-17(18(25)23-12-7-8-16(22)15(21)10-12)24-19(26)13-5-3-4-6-14(13)20(24)27/h3-4,7-8,10-11,13-14,17H,5-6,9H2,1-2H3,(H,23,25)/t13-,14-,17+/m0/s1. The van der Waals surface area contributed by atoms with E-state index in [0.29, 0.717) is 24.9 Å². The predicted molar refractivity (Wildman–Crippen MR) is 100 cm³/mol. The molecule has 5 nitrogen and oxygen atoms in total. The van der Waals surface area contributed by atoms with Gasteiger partial charge < -0.3 is 5.32 Å². The maximum atomic E-state index is 13.3. The van der Waals surface area contributed by atoms with Crippen LogP contribution in [-0.2, 0) is 14.4 Å². The average Bonchev–Trinajstić information content (AvgIpc) is 2.87. The minimum Gasteiger partial charge on any atom is -0.324 e. The van der Waals surface area contributed by atoms with Crippen LogP contribution in [0.4, 0.5) is 10.1 Å². The Kier molecular flexibility index (Phi) is 5.65. The Morgan fingerprint density at radius 3 is 2.33 bits per heavy atom. The first-order chi connectivity index (χ1) is 12.8. The molecule has 7 heteroatoms. The topological polar surface area (TPSA) is 66.5 Å². The lowest BCUT2D eigenvalue weighted by Crippen LogP contribution is -2.48. The van der Waals surface area contributed by atoms with Crippen LogP contribution in [-0.4, -0.2) is 28.7 Å². The van der Waals surface area contributed by atoms with Crippen LogP contribution in [0, 0.1) is 23.6 Å². The van der Waals surface area contributed by atoms with Gasteiger partial charge in [-0.1, -0.05) is 37.6 Å². The average molecular weight is 393 g/mol. The zero-order chi connectivity index (χ0) is 19.7. The smallest absolute Gasteiger partial charge is 0.247 e. The van der Waals surface area contributed by atoms with Crippen molar-refractivity contribution in [2.45, 2.75) is 39.2 Å². The van der Waals surface area contributed by atoms with Crippen molar-refractivity contribution < 1.29 is 18.8 Å². The molecule has 144 valence electrons. The number of nitrogens with zero attached hydrogens (tertiary/aromatic N) is 1. The molecule has 1 aromatic carbocycles. The molecule has 0 saturated carbocycles. The van der Waals surface area contributed by atoms with Crippen molar-refractivity contribution in [1.29, 1.82) is 0 Å². The van der Waals surface area contributed by atoms with Crippen molar-refractivity contribution in [3.05, 3.63) is 41.2 Å². The Morgan fingerprint density at radius 1 is 1.22 bits per heavy atom. The largest absolute Gasteiger partial charge is 0.324 e. The minimum atomic E-state index is -0.903. The molecule has 0 radical (unpaired) electrons. The molecule has 1 fully saturated rings. The number of likely N-dealkylation sites (tertiary alicyclic amines) is 1. The summed E-state index contributed by atoms with van der Waals surface area (Å²) in [7, 11) is 0. The number of allylic oxidation sites excluding steroid dienone is 2. The van der Waals surface area contributed by atoms with Gasteiger partial charge in [-0.3, -0.25) is 19.3 Å². The van der Waals surface area contributed by atoms with Crippen molar-refractivity contribution in [1.82, 2.24) is 4.90 Å². The molecule has 0 spiro atoms. The van der Waals surface area contributed by atoms with E-state index in [-0.39, 0.29) is 34.6 Å². The normalized spacial score (nSPS) is 22.9. The lowest BCUT2D eigenvalue weighted by atomic mass is 9.85. The van der Waals surface area contributed by atoms with E-state index in [1.165, 1.54) is 12.1 Å². The number of anilines is 1. The Morgan fingerprint density at radius 2 is 1.81 bits per heavy atom. The van der Waals surface area contributed by atoms with Gasteiger partial charge in [0.05, 0.1) is 16.9 Å². The number of halogens is 2. The summed E-state index contributed by atoms with van der Waals surface area (Å²) in [6, 6.07) is 2.95. The van der Waals surface area contributed by atoms with Crippen LogP contribution < -0.4 is 5.32 Å². The van der Waals surface area contributed by atoms with E-state index >= 15 is 0 Å². The van der Waals surface area contributed by atoms with Crippen LogP contribution in [0.1, 0.15) is 33.1 Å². The molecule has 0 bridgehead atoms. The molecule has 27 heavy (non-hydrogen) atoms. The molecule has 0 unspecified atom stereocenters. The highest BCUT2D eigenvalue weighted by Crippen LogP contribution is 2.37. The van der Waals surface area contributed by atoms with Gasteiger partial charge in [0.15, 0.2) is 0 Å². The summed E-state index contributed by atoms with van der Waals surface area (Å²) in [5.41, 5.74) is 0.318. The van der Waals surface area contributed by atoms with E-state index in [9.17, 15) is 18.8 Å². The zero-order valence-corrected chi connectivity index (χ0v) is 16.0. The molecule has 1 heterocycles. The van der Waals surface area contributed by atoms with Gasteiger partial charge in [0, 0.05) is 5.69 Å². The Bertz CT molecular complexity index is 782. The van der Waals surface area contributed by atoms with Gasteiger partial charge in [-0.05, 0) is 43.4 Å². The van der Waals surface area contributed by atoms with Crippen molar-refractivity contribution >= 4 is 35.0 Å². The van der Waals surface area contributed by atoms with Crippen molar-refractivity contribution in [2.75, 3.05) is 5.32 Å². The summed E-state index contributed by atoms with van der Waals surface area (Å²) < 4.78 is 13.3. The van der Waals surface area contributed by atoms with E-state index in [0.717, 1.165) is 11.0 Å². The zero-order valence-electron chi connectivity index (χ0n) is 15.2. The number of benzene rings is 1. The van der Waals surface area contributed by atoms with Crippen molar-refractivity contribution in [3.63, 3.8) is 0 Å². The maximum Gasteiger partial charge on any atom is 0.247 e. The monoisotopic (exact) mass is 392 g/mol. The van der Waals surface area contributed by atoms with Gasteiger partial charge >= 0.3 is 0 Å². The van der Waals surface area contributed by atoms with Crippen LogP contribution in [0.5, 0.6) is 0 Å². The summed E-state index contributed by atoms with van der Waals surface area (Å²) in [5.74, 6) is -2.30. The van der Waals surface area contributed by atoms with Gasteiger partial charge in [-0.15, -0.1) is 0 Å². The number of rotatable bonds is 5. The molecule has 0 aromatic heterocycles. The SMILES string of the molecule is CC(C)C[C@H](C(=O)Nc1ccc(F)c(Cl)c1)N1C(=O)[C@H]2CC=CC[C@@H]2C1=O. The van der Waals surface area contributed by atoms with E-state index in [1.807, 2.05) is 26.0 Å². The maximum absolute atomic E-state index is 13.3. The predicted octanol–water partition coefficient (Wildman–Crippen LogP) is 3.78. The highest BCUT2D eigenvalue weighted by molar-refractivity contribution is 6.31.